The van der Waals surface area contributed by atoms with Crippen LogP contribution in [0, 0.1) is 0 Å². The molecule has 1 amide bonds. The number of hydrogen-bond acceptors (Lipinski definition) is 6. The second-order valence-electron chi connectivity index (χ2n) is 6.34. The quantitative estimate of drug-likeness (QED) is 0.675. The molecule has 0 unspecified atom stereocenters. The third-order valence-corrected chi connectivity index (χ3v) is 6.72. The molecular weight excluding hydrogens is 370 g/mol. The van der Waals surface area contributed by atoms with Crippen LogP contribution in [0.4, 0.5) is 0 Å². The molecule has 3 rings (SSSR count). The van der Waals surface area contributed by atoms with Crippen molar-refractivity contribution >= 4 is 15.9 Å². The molecule has 0 bridgehead atoms. The summed E-state index contributed by atoms with van der Waals surface area (Å²) in [4.78, 5) is 21.0. The van der Waals surface area contributed by atoms with Crippen LogP contribution in [0.1, 0.15) is 12.8 Å². The number of amides is 1. The van der Waals surface area contributed by atoms with Crippen molar-refractivity contribution in [3.8, 4) is 0 Å². The summed E-state index contributed by atoms with van der Waals surface area (Å²) in [5.74, 6) is -0.157. The van der Waals surface area contributed by atoms with Crippen molar-refractivity contribution in [3.05, 3.63) is 43.2 Å². The summed E-state index contributed by atoms with van der Waals surface area (Å²) in [6, 6.07) is 3.12. The van der Waals surface area contributed by atoms with E-state index in [4.69, 9.17) is 4.74 Å². The highest BCUT2D eigenvalue weighted by molar-refractivity contribution is 7.89. The van der Waals surface area contributed by atoms with Gasteiger partial charge in [-0.2, -0.15) is 4.31 Å². The smallest absolute Gasteiger partial charge is 0.246 e. The van der Waals surface area contributed by atoms with E-state index in [0.29, 0.717) is 26.0 Å². The maximum Gasteiger partial charge on any atom is 0.246 e. The number of imidazole rings is 1. The summed E-state index contributed by atoms with van der Waals surface area (Å²) >= 11 is 0. The predicted molar refractivity (Wildman–Crippen MR) is 97.3 cm³/mol. The number of rotatable bonds is 7. The van der Waals surface area contributed by atoms with Gasteiger partial charge in [-0.25, -0.2) is 13.4 Å². The molecule has 146 valence electrons. The fraction of sp³-hybridized carbons (Fsp3) is 0.471. The summed E-state index contributed by atoms with van der Waals surface area (Å²) in [7, 11) is -2.06. The van der Waals surface area contributed by atoms with E-state index >= 15 is 0 Å². The number of carbonyl (C=O) groups excluding carboxylic acids is 1. The molecule has 3 heterocycles. The molecule has 27 heavy (non-hydrogen) atoms. The molecule has 10 heteroatoms. The first-order valence-electron chi connectivity index (χ1n) is 8.66. The number of nitrogens with one attached hydrogen (secondary N) is 1. The minimum atomic E-state index is -3.63. The van der Waals surface area contributed by atoms with Gasteiger partial charge in [-0.05, 0) is 25.0 Å². The topological polar surface area (TPSA) is 106 Å². The Kier molecular flexibility index (Phi) is 5.88. The average molecular weight is 393 g/mol. The average Bonchev–Trinajstić information content (AvgIpc) is 3.24. The molecule has 1 aliphatic heterocycles. The van der Waals surface area contributed by atoms with Crippen LogP contribution in [0.2, 0.25) is 0 Å². The SMILES string of the molecule is COCCNC(=O)C1(n2ccnc2)CCN(S(=O)(=O)c2cccnc2)CC1. The molecule has 0 aromatic carbocycles. The Hall–Kier alpha value is -2.30. The van der Waals surface area contributed by atoms with Crippen LogP contribution in [-0.2, 0) is 25.1 Å². The third kappa shape index (κ3) is 3.87. The van der Waals surface area contributed by atoms with Gasteiger partial charge in [0.25, 0.3) is 0 Å². The largest absolute Gasteiger partial charge is 0.383 e. The normalized spacial score (nSPS) is 17.5. The fourth-order valence-corrected chi connectivity index (χ4v) is 4.70. The lowest BCUT2D eigenvalue weighted by Crippen LogP contribution is -2.56. The Balaban J connectivity index is 1.79. The zero-order chi connectivity index (χ0) is 19.3. The first kappa shape index (κ1) is 19.5. The molecule has 2 aromatic heterocycles. The Labute approximate surface area is 158 Å². The zero-order valence-electron chi connectivity index (χ0n) is 15.1. The van der Waals surface area contributed by atoms with Gasteiger partial charge in [0.15, 0.2) is 0 Å². The molecule has 9 nitrogen and oxygen atoms in total. The highest BCUT2D eigenvalue weighted by Gasteiger charge is 2.45. The van der Waals surface area contributed by atoms with Gasteiger partial charge >= 0.3 is 0 Å². The Morgan fingerprint density at radius 2 is 2.07 bits per heavy atom. The molecule has 0 aliphatic carbocycles. The van der Waals surface area contributed by atoms with Crippen molar-refractivity contribution in [2.75, 3.05) is 33.4 Å². The van der Waals surface area contributed by atoms with Crippen molar-refractivity contribution in [2.45, 2.75) is 23.3 Å². The van der Waals surface area contributed by atoms with Crippen molar-refractivity contribution in [1.29, 1.82) is 0 Å². The molecule has 0 saturated carbocycles. The van der Waals surface area contributed by atoms with Crippen LogP contribution in [0.3, 0.4) is 0 Å². The molecule has 0 radical (unpaired) electrons. The van der Waals surface area contributed by atoms with Gasteiger partial charge in [0, 0.05) is 51.5 Å². The van der Waals surface area contributed by atoms with Gasteiger partial charge in [-0.1, -0.05) is 0 Å². The third-order valence-electron chi connectivity index (χ3n) is 4.83. The fourth-order valence-electron chi connectivity index (χ4n) is 3.29. The van der Waals surface area contributed by atoms with Gasteiger partial charge in [0.1, 0.15) is 10.4 Å². The maximum atomic E-state index is 12.9. The van der Waals surface area contributed by atoms with E-state index in [-0.39, 0.29) is 23.9 Å². The van der Waals surface area contributed by atoms with Gasteiger partial charge in [0.05, 0.1) is 12.9 Å². The Morgan fingerprint density at radius 1 is 1.30 bits per heavy atom. The molecular formula is C17H23N5O4S. The Morgan fingerprint density at radius 3 is 2.67 bits per heavy atom. The minimum absolute atomic E-state index is 0.157. The molecule has 0 spiro atoms. The number of sulfonamides is 1. The molecule has 1 N–H and O–H groups in total. The second kappa shape index (κ2) is 8.15. The number of ether oxygens (including phenoxy) is 1. The first-order chi connectivity index (χ1) is 13.0. The highest BCUT2D eigenvalue weighted by Crippen LogP contribution is 2.33. The number of pyridine rings is 1. The van der Waals surface area contributed by atoms with Crippen LogP contribution in [0.15, 0.2) is 48.1 Å². The zero-order valence-corrected chi connectivity index (χ0v) is 15.9. The summed E-state index contributed by atoms with van der Waals surface area (Å²) in [5, 5.41) is 2.88. The van der Waals surface area contributed by atoms with E-state index < -0.39 is 15.6 Å². The summed E-state index contributed by atoms with van der Waals surface area (Å²) in [5.41, 5.74) is -0.870. The predicted octanol–water partition coefficient (Wildman–Crippen LogP) is 0.221. The maximum absolute atomic E-state index is 12.9. The molecule has 1 aliphatic rings. The van der Waals surface area contributed by atoms with Crippen LogP contribution < -0.4 is 5.32 Å². The molecule has 1 fully saturated rings. The van der Waals surface area contributed by atoms with Crippen molar-refractivity contribution in [2.24, 2.45) is 0 Å². The number of piperidine rings is 1. The Bertz CT molecular complexity index is 847. The van der Waals surface area contributed by atoms with Gasteiger partial charge in [-0.3, -0.25) is 9.78 Å². The van der Waals surface area contributed by atoms with Crippen molar-refractivity contribution < 1.29 is 17.9 Å². The molecule has 0 atom stereocenters. The standard InChI is InChI=1S/C17H23N5O4S/c1-26-12-8-20-16(23)17(21-11-7-19-14-21)4-9-22(10-5-17)27(24,25)15-3-2-6-18-13-15/h2-3,6-7,11,13-14H,4-5,8-10,12H2,1H3,(H,20,23). The molecule has 2 aromatic rings. The van der Waals surface area contributed by atoms with E-state index in [1.165, 1.54) is 22.8 Å². The van der Waals surface area contributed by atoms with E-state index in [1.807, 2.05) is 0 Å². The lowest BCUT2D eigenvalue weighted by Gasteiger charge is -2.40. The summed E-state index contributed by atoms with van der Waals surface area (Å²) in [6.07, 6.45) is 8.52. The second-order valence-corrected chi connectivity index (χ2v) is 8.28. The number of carbonyl (C=O) groups is 1. The number of aromatic nitrogens is 3. The van der Waals surface area contributed by atoms with Crippen LogP contribution >= 0.6 is 0 Å². The first-order valence-corrected chi connectivity index (χ1v) is 10.1. The summed E-state index contributed by atoms with van der Waals surface area (Å²) < 4.78 is 33.8. The van der Waals surface area contributed by atoms with Crippen LogP contribution in [0.25, 0.3) is 0 Å². The van der Waals surface area contributed by atoms with Gasteiger partial charge in [-0.15, -0.1) is 0 Å². The van der Waals surface area contributed by atoms with Crippen molar-refractivity contribution in [1.82, 2.24) is 24.2 Å². The van der Waals surface area contributed by atoms with E-state index in [2.05, 4.69) is 15.3 Å². The van der Waals surface area contributed by atoms with Crippen LogP contribution in [-0.4, -0.2) is 66.5 Å². The number of methoxy groups -OCH3 is 1. The lowest BCUT2D eigenvalue weighted by atomic mass is 9.87. The van der Waals surface area contributed by atoms with E-state index in [9.17, 15) is 13.2 Å². The van der Waals surface area contributed by atoms with E-state index in [0.717, 1.165) is 0 Å². The van der Waals surface area contributed by atoms with E-state index in [1.54, 1.807) is 36.5 Å². The molecule has 1 saturated heterocycles. The van der Waals surface area contributed by atoms with Crippen molar-refractivity contribution in [3.63, 3.8) is 0 Å². The van der Waals surface area contributed by atoms with Gasteiger partial charge in [0.2, 0.25) is 15.9 Å². The lowest BCUT2D eigenvalue weighted by molar-refractivity contribution is -0.132. The van der Waals surface area contributed by atoms with Crippen LogP contribution in [0.5, 0.6) is 0 Å². The monoisotopic (exact) mass is 393 g/mol. The number of hydrogen-bond donors (Lipinski definition) is 1. The minimum Gasteiger partial charge on any atom is -0.383 e. The number of nitrogens with zero attached hydrogens (tertiary/aromatic N) is 4. The summed E-state index contributed by atoms with van der Waals surface area (Å²) in [6.45, 7) is 1.26. The van der Waals surface area contributed by atoms with Gasteiger partial charge < -0.3 is 14.6 Å². The highest BCUT2D eigenvalue weighted by atomic mass is 32.2.